The highest BCUT2D eigenvalue weighted by Crippen LogP contribution is 2.53. The van der Waals surface area contributed by atoms with Gasteiger partial charge in [0.2, 0.25) is 5.92 Å². The van der Waals surface area contributed by atoms with E-state index in [0.717, 1.165) is 34.5 Å². The highest BCUT2D eigenvalue weighted by atomic mass is 19.4. The van der Waals surface area contributed by atoms with Crippen LogP contribution in [0.2, 0.25) is 0 Å². The molecule has 300 valence electrons. The number of aromatic nitrogens is 1. The van der Waals surface area contributed by atoms with Crippen LogP contribution in [0.3, 0.4) is 0 Å². The molecule has 3 aliphatic rings. The number of amides is 1. The van der Waals surface area contributed by atoms with Gasteiger partial charge in [-0.2, -0.15) is 13.2 Å². The van der Waals surface area contributed by atoms with Gasteiger partial charge in [-0.3, -0.25) is 4.98 Å². The number of piperidine rings is 1. The number of hydrogen-bond acceptors (Lipinski definition) is 6. The first kappa shape index (κ1) is 40.9. The summed E-state index contributed by atoms with van der Waals surface area (Å²) in [6.07, 6.45) is -4.99. The van der Waals surface area contributed by atoms with Gasteiger partial charge in [0.25, 0.3) is 0 Å². The minimum Gasteiger partial charge on any atom is -0.497 e. The number of alkyl halides is 5. The zero-order valence-corrected chi connectivity index (χ0v) is 32.6. The highest BCUT2D eigenvalue weighted by molar-refractivity contribution is 5.68. The van der Waals surface area contributed by atoms with Crippen molar-refractivity contribution in [3.63, 3.8) is 0 Å². The summed E-state index contributed by atoms with van der Waals surface area (Å²) >= 11 is 0. The lowest BCUT2D eigenvalue weighted by atomic mass is 9.68. The Morgan fingerprint density at radius 1 is 0.927 bits per heavy atom. The zero-order chi connectivity index (χ0) is 39.9. The molecular formula is C43H53F5N2O5. The van der Waals surface area contributed by atoms with Crippen molar-refractivity contribution in [2.45, 2.75) is 134 Å². The van der Waals surface area contributed by atoms with E-state index in [2.05, 4.69) is 13.8 Å². The van der Waals surface area contributed by atoms with Crippen molar-refractivity contribution in [2.24, 2.45) is 5.41 Å². The summed E-state index contributed by atoms with van der Waals surface area (Å²) in [7, 11) is 1.59. The fraction of sp³-hybridized carbons (Fsp3) is 0.581. The second-order valence-electron chi connectivity index (χ2n) is 17.3. The summed E-state index contributed by atoms with van der Waals surface area (Å²) in [6.45, 7) is 10.7. The number of aliphatic hydroxyl groups is 1. The van der Waals surface area contributed by atoms with Crippen LogP contribution in [-0.4, -0.2) is 52.8 Å². The van der Waals surface area contributed by atoms with Crippen molar-refractivity contribution in [3.05, 3.63) is 93.3 Å². The molecule has 1 aromatic heterocycles. The van der Waals surface area contributed by atoms with Crippen LogP contribution in [0, 0.1) is 5.41 Å². The third-order valence-corrected chi connectivity index (χ3v) is 11.2. The van der Waals surface area contributed by atoms with Gasteiger partial charge in [0.15, 0.2) is 0 Å². The van der Waals surface area contributed by atoms with Crippen LogP contribution in [0.5, 0.6) is 5.75 Å². The number of hydrogen-bond donors (Lipinski definition) is 1. The van der Waals surface area contributed by atoms with E-state index in [9.17, 15) is 31.9 Å². The second kappa shape index (κ2) is 15.6. The fourth-order valence-corrected chi connectivity index (χ4v) is 8.44. The molecule has 0 spiro atoms. The van der Waals surface area contributed by atoms with Crippen LogP contribution in [0.15, 0.2) is 48.5 Å². The molecule has 2 unspecified atom stereocenters. The summed E-state index contributed by atoms with van der Waals surface area (Å²) < 4.78 is 88.2. The van der Waals surface area contributed by atoms with Crippen molar-refractivity contribution in [3.8, 4) is 5.75 Å². The minimum absolute atomic E-state index is 0.168. The van der Waals surface area contributed by atoms with Crippen molar-refractivity contribution < 1.29 is 46.1 Å². The van der Waals surface area contributed by atoms with E-state index in [1.54, 1.807) is 12.0 Å². The number of rotatable bonds is 8. The molecule has 2 fully saturated rings. The number of likely N-dealkylation sites (tertiary alicyclic amines) is 1. The minimum atomic E-state index is -4.57. The first-order valence-electron chi connectivity index (χ1n) is 19.3. The molecule has 0 radical (unpaired) electrons. The molecule has 3 aromatic rings. The van der Waals surface area contributed by atoms with Gasteiger partial charge in [-0.1, -0.05) is 38.1 Å². The predicted octanol–water partition coefficient (Wildman–Crippen LogP) is 10.8. The van der Waals surface area contributed by atoms with Gasteiger partial charge in [-0.15, -0.1) is 0 Å². The molecular weight excluding hydrogens is 719 g/mol. The standard InChI is InChI=1S/C43H53F5N2O5/c1-40(2,3)55-39(52)50-21-17-28(18-22-50)37-36(38(51)29-9-11-30(12-10-29)43(46,47)48)34(27-15-19-42(44,45)20-16-27)35-32(49-37)23-41(4,5)24-33(35)54-25-26-7-13-31(53-6)14-8-26/h7-14,27-28,33,38,51H,15-25H2,1-6H3. The van der Waals surface area contributed by atoms with Gasteiger partial charge < -0.3 is 24.2 Å². The van der Waals surface area contributed by atoms with Gasteiger partial charge in [0.05, 0.1) is 31.1 Å². The number of aliphatic hydroxyl groups excluding tert-OH is 1. The van der Waals surface area contributed by atoms with Crippen LogP contribution >= 0.6 is 0 Å². The Labute approximate surface area is 320 Å². The number of halogens is 5. The average molecular weight is 773 g/mol. The first-order chi connectivity index (χ1) is 25.7. The Morgan fingerprint density at radius 3 is 2.11 bits per heavy atom. The number of ether oxygens (including phenoxy) is 3. The van der Waals surface area contributed by atoms with E-state index < -0.39 is 41.6 Å². The Morgan fingerprint density at radius 2 is 1.55 bits per heavy atom. The van der Waals surface area contributed by atoms with E-state index >= 15 is 0 Å². The molecule has 55 heavy (non-hydrogen) atoms. The van der Waals surface area contributed by atoms with E-state index in [0.29, 0.717) is 55.8 Å². The van der Waals surface area contributed by atoms with Crippen molar-refractivity contribution in [1.29, 1.82) is 0 Å². The lowest BCUT2D eigenvalue weighted by Gasteiger charge is -2.42. The summed E-state index contributed by atoms with van der Waals surface area (Å²) in [5, 5.41) is 12.4. The summed E-state index contributed by atoms with van der Waals surface area (Å²) in [4.78, 5) is 20.0. The van der Waals surface area contributed by atoms with E-state index in [-0.39, 0.29) is 55.1 Å². The summed E-state index contributed by atoms with van der Waals surface area (Å²) in [6, 6.07) is 12.0. The van der Waals surface area contributed by atoms with E-state index in [1.165, 1.54) is 12.1 Å². The normalized spacial score (nSPS) is 21.2. The SMILES string of the molecule is COc1ccc(COC2CC(C)(C)Cc3nc(C4CCN(C(=O)OC(C)(C)C)CC4)c(C(O)c4ccc(C(F)(F)F)cc4)c(C4CCC(F)(F)CC4)c32)cc1. The monoisotopic (exact) mass is 772 g/mol. The second-order valence-corrected chi connectivity index (χ2v) is 17.3. The topological polar surface area (TPSA) is 81.1 Å². The molecule has 1 saturated heterocycles. The lowest BCUT2D eigenvalue weighted by Crippen LogP contribution is -2.41. The Bertz CT molecular complexity index is 1800. The molecule has 1 aliphatic heterocycles. The van der Waals surface area contributed by atoms with Crippen LogP contribution in [0.25, 0.3) is 0 Å². The van der Waals surface area contributed by atoms with E-state index in [1.807, 2.05) is 45.0 Å². The third kappa shape index (κ3) is 9.62. The van der Waals surface area contributed by atoms with Gasteiger partial charge >= 0.3 is 12.3 Å². The third-order valence-electron chi connectivity index (χ3n) is 11.2. The van der Waals surface area contributed by atoms with Crippen LogP contribution in [0.1, 0.15) is 148 Å². The molecule has 2 aromatic carbocycles. The van der Waals surface area contributed by atoms with Gasteiger partial charge in [-0.25, -0.2) is 13.6 Å². The molecule has 7 nitrogen and oxygen atoms in total. The number of methoxy groups -OCH3 is 1. The maximum absolute atomic E-state index is 14.8. The van der Waals surface area contributed by atoms with Gasteiger partial charge in [0, 0.05) is 48.7 Å². The Hall–Kier alpha value is -3.77. The van der Waals surface area contributed by atoms with Crippen molar-refractivity contribution in [2.75, 3.05) is 20.2 Å². The number of fused-ring (bicyclic) bond motifs is 1. The smallest absolute Gasteiger partial charge is 0.416 e. The van der Waals surface area contributed by atoms with Crippen LogP contribution in [-0.2, 0) is 28.7 Å². The molecule has 12 heteroatoms. The Kier molecular flexibility index (Phi) is 11.6. The summed E-state index contributed by atoms with van der Waals surface area (Å²) in [5.74, 6) is -2.71. The van der Waals surface area contributed by atoms with Crippen LogP contribution < -0.4 is 4.74 Å². The molecule has 0 bridgehead atoms. The number of pyridine rings is 1. The highest BCUT2D eigenvalue weighted by Gasteiger charge is 2.44. The molecule has 1 N–H and O–H groups in total. The molecule has 2 atom stereocenters. The largest absolute Gasteiger partial charge is 0.497 e. The lowest BCUT2D eigenvalue weighted by molar-refractivity contribution is -0.137. The number of carbonyl (C=O) groups excluding carboxylic acids is 1. The quantitative estimate of drug-likeness (QED) is 0.230. The zero-order valence-electron chi connectivity index (χ0n) is 32.6. The predicted molar refractivity (Wildman–Crippen MR) is 198 cm³/mol. The Balaban J connectivity index is 1.49. The number of benzene rings is 2. The molecule has 6 rings (SSSR count). The summed E-state index contributed by atoms with van der Waals surface area (Å²) in [5.41, 5.74) is 2.78. The average Bonchev–Trinajstić information content (AvgIpc) is 3.11. The fourth-order valence-electron chi connectivity index (χ4n) is 8.44. The maximum atomic E-state index is 14.8. The van der Waals surface area contributed by atoms with E-state index in [4.69, 9.17) is 19.2 Å². The molecule has 2 aliphatic carbocycles. The number of nitrogens with zero attached hydrogens (tertiary/aromatic N) is 2. The van der Waals surface area contributed by atoms with Crippen LogP contribution in [0.4, 0.5) is 26.7 Å². The number of carbonyl (C=O) groups is 1. The van der Waals surface area contributed by atoms with Gasteiger partial charge in [-0.05, 0) is 112 Å². The molecule has 1 saturated carbocycles. The molecule has 1 amide bonds. The van der Waals surface area contributed by atoms with Gasteiger partial charge in [0.1, 0.15) is 17.5 Å². The maximum Gasteiger partial charge on any atom is 0.416 e. The molecule has 2 heterocycles. The first-order valence-corrected chi connectivity index (χ1v) is 19.3. The van der Waals surface area contributed by atoms with Crippen molar-refractivity contribution in [1.82, 2.24) is 9.88 Å². The van der Waals surface area contributed by atoms with Crippen molar-refractivity contribution >= 4 is 6.09 Å².